The van der Waals surface area contributed by atoms with Gasteiger partial charge >= 0.3 is 0 Å². The molecule has 2 N–H and O–H groups in total. The van der Waals surface area contributed by atoms with Gasteiger partial charge in [0.25, 0.3) is 5.91 Å². The number of hydrogen-bond acceptors (Lipinski definition) is 3. The standard InChI is InChI=1S/C16H24N2O2/c1-12-6-7-13(14(19)10-12)15(20)17-11-16(18(2)3)8-4-5-9-16/h6-7,10,19H,4-5,8-9,11H2,1-3H3,(H,17,20). The van der Waals surface area contributed by atoms with Crippen LogP contribution >= 0.6 is 0 Å². The minimum atomic E-state index is -0.198. The third-order valence-corrected chi connectivity index (χ3v) is 4.46. The highest BCUT2D eigenvalue weighted by atomic mass is 16.3. The molecule has 1 aromatic carbocycles. The Hall–Kier alpha value is -1.55. The summed E-state index contributed by atoms with van der Waals surface area (Å²) in [5.74, 6) is -0.150. The van der Waals surface area contributed by atoms with Crippen molar-refractivity contribution in [1.29, 1.82) is 0 Å². The monoisotopic (exact) mass is 276 g/mol. The van der Waals surface area contributed by atoms with Gasteiger partial charge in [-0.2, -0.15) is 0 Å². The highest BCUT2D eigenvalue weighted by molar-refractivity contribution is 5.96. The number of rotatable bonds is 4. The van der Waals surface area contributed by atoms with Crippen LogP contribution in [-0.2, 0) is 0 Å². The SMILES string of the molecule is Cc1ccc(C(=O)NCC2(N(C)C)CCCC2)c(O)c1. The molecule has 0 heterocycles. The van der Waals surface area contributed by atoms with Gasteiger partial charge in [0, 0.05) is 12.1 Å². The Labute approximate surface area is 120 Å². The smallest absolute Gasteiger partial charge is 0.255 e. The number of hydrogen-bond donors (Lipinski definition) is 2. The molecule has 0 bridgehead atoms. The number of carbonyl (C=O) groups excluding carboxylic acids is 1. The van der Waals surface area contributed by atoms with E-state index in [4.69, 9.17) is 0 Å². The number of benzene rings is 1. The summed E-state index contributed by atoms with van der Waals surface area (Å²) in [6, 6.07) is 5.13. The first-order valence-electron chi connectivity index (χ1n) is 7.20. The first-order chi connectivity index (χ1) is 9.44. The lowest BCUT2D eigenvalue weighted by atomic mass is 9.96. The average Bonchev–Trinajstić information content (AvgIpc) is 2.86. The highest BCUT2D eigenvalue weighted by Crippen LogP contribution is 2.33. The molecule has 1 aliphatic carbocycles. The van der Waals surface area contributed by atoms with Crippen molar-refractivity contribution in [2.45, 2.75) is 38.1 Å². The lowest BCUT2D eigenvalue weighted by Gasteiger charge is -2.36. The van der Waals surface area contributed by atoms with Crippen molar-refractivity contribution in [3.05, 3.63) is 29.3 Å². The van der Waals surface area contributed by atoms with Crippen LogP contribution in [0, 0.1) is 6.92 Å². The van der Waals surface area contributed by atoms with Crippen LogP contribution in [0.4, 0.5) is 0 Å². The first kappa shape index (κ1) is 14.9. The Morgan fingerprint density at radius 3 is 2.55 bits per heavy atom. The Morgan fingerprint density at radius 2 is 2.00 bits per heavy atom. The summed E-state index contributed by atoms with van der Waals surface area (Å²) in [7, 11) is 4.14. The van der Waals surface area contributed by atoms with Crippen LogP contribution in [0.25, 0.3) is 0 Å². The number of phenolic OH excluding ortho intramolecular Hbond substituents is 1. The van der Waals surface area contributed by atoms with Crippen LogP contribution in [0.1, 0.15) is 41.6 Å². The van der Waals surface area contributed by atoms with Crippen molar-refractivity contribution in [1.82, 2.24) is 10.2 Å². The summed E-state index contributed by atoms with van der Waals surface area (Å²) in [5, 5.41) is 12.8. The first-order valence-corrected chi connectivity index (χ1v) is 7.20. The van der Waals surface area contributed by atoms with Crippen LogP contribution < -0.4 is 5.32 Å². The maximum atomic E-state index is 12.2. The van der Waals surface area contributed by atoms with Gasteiger partial charge in [0.15, 0.2) is 0 Å². The second-order valence-electron chi connectivity index (χ2n) is 6.03. The van der Waals surface area contributed by atoms with Gasteiger partial charge in [-0.05, 0) is 51.6 Å². The molecule has 2 rings (SSSR count). The van der Waals surface area contributed by atoms with Crippen molar-refractivity contribution >= 4 is 5.91 Å². The Bertz CT molecular complexity index is 491. The average molecular weight is 276 g/mol. The van der Waals surface area contributed by atoms with Gasteiger partial charge in [-0.1, -0.05) is 18.9 Å². The van der Waals surface area contributed by atoms with E-state index in [1.54, 1.807) is 12.1 Å². The largest absolute Gasteiger partial charge is 0.507 e. The van der Waals surface area contributed by atoms with Crippen LogP contribution in [0.2, 0.25) is 0 Å². The van der Waals surface area contributed by atoms with E-state index in [-0.39, 0.29) is 17.2 Å². The number of aryl methyl sites for hydroxylation is 1. The van der Waals surface area contributed by atoms with Crippen LogP contribution in [-0.4, -0.2) is 42.1 Å². The normalized spacial score (nSPS) is 17.4. The van der Waals surface area contributed by atoms with Crippen LogP contribution in [0.15, 0.2) is 18.2 Å². The molecule has 1 aromatic rings. The number of aromatic hydroxyl groups is 1. The molecule has 1 saturated carbocycles. The number of phenols is 1. The molecule has 110 valence electrons. The predicted molar refractivity (Wildman–Crippen MR) is 80.1 cm³/mol. The molecule has 1 aliphatic rings. The summed E-state index contributed by atoms with van der Waals surface area (Å²) in [5.41, 5.74) is 1.36. The molecule has 0 radical (unpaired) electrons. The van der Waals surface area contributed by atoms with Gasteiger partial charge in [0.05, 0.1) is 5.56 Å². The topological polar surface area (TPSA) is 52.6 Å². The predicted octanol–water partition coefficient (Wildman–Crippen LogP) is 2.30. The van der Waals surface area contributed by atoms with Gasteiger partial charge < -0.3 is 15.3 Å². The molecule has 0 unspecified atom stereocenters. The summed E-state index contributed by atoms with van der Waals surface area (Å²) in [4.78, 5) is 14.4. The van der Waals surface area contributed by atoms with Crippen molar-refractivity contribution in [2.75, 3.05) is 20.6 Å². The van der Waals surface area contributed by atoms with Gasteiger partial charge in [0.1, 0.15) is 5.75 Å². The Morgan fingerprint density at radius 1 is 1.35 bits per heavy atom. The molecular weight excluding hydrogens is 252 g/mol. The molecule has 0 aromatic heterocycles. The molecule has 0 spiro atoms. The second-order valence-corrected chi connectivity index (χ2v) is 6.03. The fraction of sp³-hybridized carbons (Fsp3) is 0.562. The maximum Gasteiger partial charge on any atom is 0.255 e. The molecule has 20 heavy (non-hydrogen) atoms. The number of amides is 1. The third kappa shape index (κ3) is 2.96. The van der Waals surface area contributed by atoms with E-state index in [2.05, 4.69) is 24.3 Å². The minimum Gasteiger partial charge on any atom is -0.507 e. The van der Waals surface area contributed by atoms with Crippen molar-refractivity contribution in [2.24, 2.45) is 0 Å². The van der Waals surface area contributed by atoms with Crippen molar-refractivity contribution in [3.8, 4) is 5.75 Å². The number of likely N-dealkylation sites (N-methyl/N-ethyl adjacent to an activating group) is 1. The zero-order chi connectivity index (χ0) is 14.8. The summed E-state index contributed by atoms with van der Waals surface area (Å²) in [6.07, 6.45) is 4.65. The zero-order valence-electron chi connectivity index (χ0n) is 12.6. The third-order valence-electron chi connectivity index (χ3n) is 4.46. The summed E-state index contributed by atoms with van der Waals surface area (Å²) in [6.45, 7) is 2.52. The lowest BCUT2D eigenvalue weighted by Crippen LogP contribution is -2.50. The maximum absolute atomic E-state index is 12.2. The fourth-order valence-electron chi connectivity index (χ4n) is 2.99. The van der Waals surface area contributed by atoms with Gasteiger partial charge in [-0.15, -0.1) is 0 Å². The second kappa shape index (κ2) is 5.83. The molecule has 0 aliphatic heterocycles. The molecule has 4 heteroatoms. The van der Waals surface area contributed by atoms with E-state index in [9.17, 15) is 9.90 Å². The Balaban J connectivity index is 2.04. The summed E-state index contributed by atoms with van der Waals surface area (Å²) >= 11 is 0. The number of nitrogens with zero attached hydrogens (tertiary/aromatic N) is 1. The van der Waals surface area contributed by atoms with Gasteiger partial charge in [-0.3, -0.25) is 4.79 Å². The van der Waals surface area contributed by atoms with Gasteiger partial charge in [0.2, 0.25) is 0 Å². The number of nitrogens with one attached hydrogen (secondary N) is 1. The van der Waals surface area contributed by atoms with Crippen molar-refractivity contribution < 1.29 is 9.90 Å². The lowest BCUT2D eigenvalue weighted by molar-refractivity contribution is 0.0897. The minimum absolute atomic E-state index is 0.0489. The van der Waals surface area contributed by atoms with E-state index < -0.39 is 0 Å². The van der Waals surface area contributed by atoms with E-state index >= 15 is 0 Å². The quantitative estimate of drug-likeness (QED) is 0.887. The Kier molecular flexibility index (Phi) is 4.33. The molecular formula is C16H24N2O2. The summed E-state index contributed by atoms with van der Waals surface area (Å²) < 4.78 is 0. The highest BCUT2D eigenvalue weighted by Gasteiger charge is 2.36. The van der Waals surface area contributed by atoms with Crippen LogP contribution in [0.3, 0.4) is 0 Å². The van der Waals surface area contributed by atoms with Crippen molar-refractivity contribution in [3.63, 3.8) is 0 Å². The molecule has 1 fully saturated rings. The van der Waals surface area contributed by atoms with E-state index in [0.29, 0.717) is 12.1 Å². The molecule has 1 amide bonds. The zero-order valence-corrected chi connectivity index (χ0v) is 12.6. The van der Waals surface area contributed by atoms with E-state index in [0.717, 1.165) is 18.4 Å². The fourth-order valence-corrected chi connectivity index (χ4v) is 2.99. The molecule has 0 saturated heterocycles. The number of carbonyl (C=O) groups is 1. The molecule has 0 atom stereocenters. The van der Waals surface area contributed by atoms with Gasteiger partial charge in [-0.25, -0.2) is 0 Å². The van der Waals surface area contributed by atoms with E-state index in [1.807, 2.05) is 13.0 Å². The van der Waals surface area contributed by atoms with E-state index in [1.165, 1.54) is 12.8 Å². The van der Waals surface area contributed by atoms with Crippen LogP contribution in [0.5, 0.6) is 5.75 Å². The molecule has 4 nitrogen and oxygen atoms in total.